The van der Waals surface area contributed by atoms with E-state index in [2.05, 4.69) is 11.0 Å². The van der Waals surface area contributed by atoms with Gasteiger partial charge in [0.15, 0.2) is 17.3 Å². The van der Waals surface area contributed by atoms with Gasteiger partial charge < -0.3 is 9.47 Å². The van der Waals surface area contributed by atoms with Crippen LogP contribution in [0.25, 0.3) is 10.9 Å². The summed E-state index contributed by atoms with van der Waals surface area (Å²) in [6, 6.07) is 13.7. The molecular weight excluding hydrogens is 436 g/mol. The number of halogens is 1. The number of carbonyl (C=O) groups excluding carboxylic acids is 1. The lowest BCUT2D eigenvalue weighted by molar-refractivity contribution is 0.103. The van der Waals surface area contributed by atoms with Crippen molar-refractivity contribution >= 4 is 28.3 Å². The number of fused-ring (bicyclic) bond motifs is 2. The van der Waals surface area contributed by atoms with Gasteiger partial charge in [0.1, 0.15) is 0 Å². The van der Waals surface area contributed by atoms with E-state index in [1.54, 1.807) is 14.2 Å². The lowest BCUT2D eigenvalue weighted by atomic mass is 9.93. The molecule has 1 aliphatic heterocycles. The highest BCUT2D eigenvalue weighted by Gasteiger charge is 2.29. The van der Waals surface area contributed by atoms with Crippen molar-refractivity contribution in [3.05, 3.63) is 76.0 Å². The van der Waals surface area contributed by atoms with Crippen molar-refractivity contribution in [2.75, 3.05) is 27.3 Å². The van der Waals surface area contributed by atoms with Crippen LogP contribution in [-0.4, -0.2) is 43.0 Å². The molecule has 0 amide bonds. The molecule has 2 aromatic carbocycles. The monoisotopic (exact) mass is 462 g/mol. The molecule has 5 rings (SSSR count). The van der Waals surface area contributed by atoms with Crippen LogP contribution in [-0.2, 0) is 13.0 Å². The van der Waals surface area contributed by atoms with Crippen LogP contribution in [0.2, 0.25) is 5.02 Å². The molecule has 6 heteroatoms. The molecule has 33 heavy (non-hydrogen) atoms. The van der Waals surface area contributed by atoms with Gasteiger partial charge in [0.2, 0.25) is 0 Å². The highest BCUT2D eigenvalue weighted by Crippen LogP contribution is 2.37. The number of ketones is 1. The second-order valence-corrected chi connectivity index (χ2v) is 9.20. The van der Waals surface area contributed by atoms with Crippen LogP contribution in [0.15, 0.2) is 54.1 Å². The summed E-state index contributed by atoms with van der Waals surface area (Å²) in [4.78, 5) is 20.2. The summed E-state index contributed by atoms with van der Waals surface area (Å²) in [7, 11) is 3.21. The third-order valence-corrected chi connectivity index (χ3v) is 7.01. The smallest absolute Gasteiger partial charge is 0.189 e. The molecule has 0 spiro atoms. The molecule has 1 saturated heterocycles. The van der Waals surface area contributed by atoms with E-state index in [-0.39, 0.29) is 5.78 Å². The van der Waals surface area contributed by atoms with Gasteiger partial charge in [-0.1, -0.05) is 35.9 Å². The van der Waals surface area contributed by atoms with E-state index in [1.807, 2.05) is 42.5 Å². The predicted octanol–water partition coefficient (Wildman–Crippen LogP) is 5.48. The molecule has 0 unspecified atom stereocenters. The molecule has 0 bridgehead atoms. The Balaban J connectivity index is 1.24. The number of pyridine rings is 1. The van der Waals surface area contributed by atoms with Crippen molar-refractivity contribution < 1.29 is 14.3 Å². The quantitative estimate of drug-likeness (QED) is 0.470. The van der Waals surface area contributed by atoms with E-state index >= 15 is 0 Å². The van der Waals surface area contributed by atoms with E-state index in [1.165, 1.54) is 0 Å². The van der Waals surface area contributed by atoms with Crippen LogP contribution in [0, 0.1) is 5.92 Å². The normalized spacial score (nSPS) is 18.2. The van der Waals surface area contributed by atoms with Gasteiger partial charge in [-0.2, -0.15) is 0 Å². The number of nitrogens with zero attached hydrogens (tertiary/aromatic N) is 2. The summed E-state index contributed by atoms with van der Waals surface area (Å²) in [5, 5.41) is 1.74. The number of aromatic nitrogens is 1. The Morgan fingerprint density at radius 1 is 1.09 bits per heavy atom. The first-order valence-electron chi connectivity index (χ1n) is 11.3. The zero-order valence-corrected chi connectivity index (χ0v) is 19.7. The lowest BCUT2D eigenvalue weighted by Gasteiger charge is -2.30. The van der Waals surface area contributed by atoms with Gasteiger partial charge in [0.05, 0.1) is 30.5 Å². The second kappa shape index (κ2) is 9.16. The maximum atomic E-state index is 13.0. The Bertz CT molecular complexity index is 1250. The van der Waals surface area contributed by atoms with E-state index in [0.717, 1.165) is 70.8 Å². The molecule has 2 aliphatic rings. The molecule has 1 aliphatic carbocycles. The number of Topliss-reactive ketones (excluding diaryl/α,β-unsaturated/α-hetero) is 1. The van der Waals surface area contributed by atoms with Crippen LogP contribution in [0.1, 0.15) is 34.5 Å². The second-order valence-electron chi connectivity index (χ2n) is 8.79. The van der Waals surface area contributed by atoms with Crippen molar-refractivity contribution in [3.8, 4) is 11.5 Å². The number of para-hydroxylation sites is 1. The van der Waals surface area contributed by atoms with Crippen molar-refractivity contribution in [2.24, 2.45) is 5.92 Å². The van der Waals surface area contributed by atoms with E-state index in [4.69, 9.17) is 26.1 Å². The number of benzene rings is 2. The van der Waals surface area contributed by atoms with Gasteiger partial charge in [-0.15, -0.1) is 0 Å². The van der Waals surface area contributed by atoms with E-state index < -0.39 is 0 Å². The summed E-state index contributed by atoms with van der Waals surface area (Å²) in [5.41, 5.74) is 4.57. The molecule has 0 N–H and O–H groups in total. The van der Waals surface area contributed by atoms with Gasteiger partial charge in [-0.05, 0) is 61.7 Å². The molecule has 1 fully saturated rings. The zero-order valence-electron chi connectivity index (χ0n) is 18.9. The average Bonchev–Trinajstić information content (AvgIpc) is 3.13. The van der Waals surface area contributed by atoms with Crippen LogP contribution in [0.3, 0.4) is 0 Å². The van der Waals surface area contributed by atoms with Gasteiger partial charge in [0.25, 0.3) is 0 Å². The number of rotatable bonds is 5. The number of hydrogen-bond acceptors (Lipinski definition) is 5. The topological polar surface area (TPSA) is 51.7 Å². The zero-order chi connectivity index (χ0) is 22.9. The minimum atomic E-state index is 0.114. The minimum Gasteiger partial charge on any atom is -0.493 e. The molecule has 1 aromatic heterocycles. The molecule has 0 radical (unpaired) electrons. The third-order valence-electron chi connectivity index (χ3n) is 6.70. The lowest BCUT2D eigenvalue weighted by Crippen LogP contribution is -2.33. The van der Waals surface area contributed by atoms with E-state index in [9.17, 15) is 4.79 Å². The van der Waals surface area contributed by atoms with Crippen LogP contribution in [0.4, 0.5) is 0 Å². The number of methoxy groups -OCH3 is 2. The fraction of sp³-hybridized carbons (Fsp3) is 0.333. The largest absolute Gasteiger partial charge is 0.493 e. The summed E-state index contributed by atoms with van der Waals surface area (Å²) < 4.78 is 10.8. The number of ether oxygens (including phenoxy) is 2. The molecule has 3 aromatic rings. The summed E-state index contributed by atoms with van der Waals surface area (Å²) in [5.74, 6) is 1.79. The van der Waals surface area contributed by atoms with Crippen LogP contribution < -0.4 is 9.47 Å². The Hall–Kier alpha value is -2.89. The summed E-state index contributed by atoms with van der Waals surface area (Å²) in [6.07, 6.45) is 4.92. The highest BCUT2D eigenvalue weighted by atomic mass is 35.5. The first kappa shape index (κ1) is 21.9. The Morgan fingerprint density at radius 3 is 2.58 bits per heavy atom. The Kier molecular flexibility index (Phi) is 6.09. The Labute approximate surface area is 199 Å². The molecule has 5 nitrogen and oxygen atoms in total. The number of hydrogen-bond donors (Lipinski definition) is 0. The fourth-order valence-corrected chi connectivity index (χ4v) is 5.21. The first-order chi connectivity index (χ1) is 16.1. The van der Waals surface area contributed by atoms with Crippen LogP contribution >= 0.6 is 11.6 Å². The maximum Gasteiger partial charge on any atom is 0.189 e. The number of carbonyl (C=O) groups is 1. The predicted molar refractivity (Wildman–Crippen MR) is 130 cm³/mol. The maximum absolute atomic E-state index is 13.0. The van der Waals surface area contributed by atoms with Gasteiger partial charge in [-0.3, -0.25) is 14.7 Å². The standard InChI is InChI=1S/C27H27ClN2O3/c1-32-25-13-18-12-19(27(31)22(18)15-26(25)33-2)11-17-7-9-30(10-8-17)16-20-14-23(28)21-5-3-4-6-24(21)29-20/h3-6,11,13-15,17H,7-10,12,16H2,1-2H3/b19-11+. The van der Waals surface area contributed by atoms with Gasteiger partial charge in [0, 0.05) is 29.5 Å². The Morgan fingerprint density at radius 2 is 1.82 bits per heavy atom. The van der Waals surface area contributed by atoms with Gasteiger partial charge in [-0.25, -0.2) is 0 Å². The van der Waals surface area contributed by atoms with Gasteiger partial charge >= 0.3 is 0 Å². The molecular formula is C27H27ClN2O3. The minimum absolute atomic E-state index is 0.114. The number of allylic oxidation sites excluding steroid dienone is 2. The first-order valence-corrected chi connectivity index (χ1v) is 11.7. The van der Waals surface area contributed by atoms with Crippen molar-refractivity contribution in [1.82, 2.24) is 9.88 Å². The average molecular weight is 463 g/mol. The van der Waals surface area contributed by atoms with Crippen molar-refractivity contribution in [2.45, 2.75) is 25.8 Å². The number of piperidine rings is 1. The molecule has 0 saturated carbocycles. The number of likely N-dealkylation sites (tertiary alicyclic amines) is 1. The molecule has 0 atom stereocenters. The molecule has 170 valence electrons. The van der Waals surface area contributed by atoms with E-state index in [0.29, 0.717) is 23.8 Å². The summed E-state index contributed by atoms with van der Waals surface area (Å²) >= 11 is 6.47. The van der Waals surface area contributed by atoms with Crippen LogP contribution in [0.5, 0.6) is 11.5 Å². The fourth-order valence-electron chi connectivity index (χ4n) is 4.93. The SMILES string of the molecule is COc1cc2c(cc1OC)C(=O)/C(=C/C1CCN(Cc3cc(Cl)c4ccccc4n3)CC1)C2. The summed E-state index contributed by atoms with van der Waals surface area (Å²) in [6.45, 7) is 2.74. The third kappa shape index (κ3) is 4.35. The molecule has 2 heterocycles. The highest BCUT2D eigenvalue weighted by molar-refractivity contribution is 6.35. The van der Waals surface area contributed by atoms with Crippen molar-refractivity contribution in [3.63, 3.8) is 0 Å². The van der Waals surface area contributed by atoms with Crippen molar-refractivity contribution in [1.29, 1.82) is 0 Å².